The third kappa shape index (κ3) is 8.78. The fourth-order valence-corrected chi connectivity index (χ4v) is 3.57. The Kier molecular flexibility index (Phi) is 12.4. The summed E-state index contributed by atoms with van der Waals surface area (Å²) in [5.74, 6) is -0.782. The van der Waals surface area contributed by atoms with Crippen LogP contribution in [0.2, 0.25) is 0 Å². The van der Waals surface area contributed by atoms with Gasteiger partial charge in [-0.3, -0.25) is 9.59 Å². The largest absolute Gasteiger partial charge is 0.480 e. The third-order valence-electron chi connectivity index (χ3n) is 5.62. The van der Waals surface area contributed by atoms with Crippen molar-refractivity contribution in [1.82, 2.24) is 10.6 Å². The maximum absolute atomic E-state index is 12.4. The molecule has 1 aliphatic carbocycles. The minimum Gasteiger partial charge on any atom is -0.480 e. The zero-order valence-electron chi connectivity index (χ0n) is 17.6. The summed E-state index contributed by atoms with van der Waals surface area (Å²) in [6, 6.07) is -1.30. The number of carboxylic acid groups (broad SMARTS) is 1. The summed E-state index contributed by atoms with van der Waals surface area (Å²) >= 11 is 0. The first-order chi connectivity index (χ1) is 12.6. The van der Waals surface area contributed by atoms with Crippen LogP contribution >= 0.6 is 12.4 Å². The zero-order valence-corrected chi connectivity index (χ0v) is 18.4. The van der Waals surface area contributed by atoms with Crippen LogP contribution in [0.25, 0.3) is 0 Å². The van der Waals surface area contributed by atoms with Crippen molar-refractivity contribution in [3.05, 3.63) is 0 Å². The number of halogens is 1. The summed E-state index contributed by atoms with van der Waals surface area (Å²) in [5, 5.41) is 15.0. The molecule has 28 heavy (non-hydrogen) atoms. The van der Waals surface area contributed by atoms with Gasteiger partial charge in [0.15, 0.2) is 0 Å². The monoisotopic (exact) mass is 419 g/mol. The topological polar surface area (TPSA) is 122 Å². The van der Waals surface area contributed by atoms with Gasteiger partial charge < -0.3 is 21.5 Å². The number of rotatable bonds is 10. The molecule has 1 rings (SSSR count). The molecule has 1 fully saturated rings. The molecule has 1 unspecified atom stereocenters. The molecule has 0 aliphatic heterocycles. The first kappa shape index (κ1) is 26.7. The Morgan fingerprint density at radius 1 is 1.11 bits per heavy atom. The highest BCUT2D eigenvalue weighted by atomic mass is 35.5. The summed E-state index contributed by atoms with van der Waals surface area (Å²) in [6.07, 6.45) is 4.49. The minimum absolute atomic E-state index is 0. The lowest BCUT2D eigenvalue weighted by molar-refractivity contribution is -0.144. The van der Waals surface area contributed by atoms with Gasteiger partial charge in [0.2, 0.25) is 11.8 Å². The second kappa shape index (κ2) is 13.0. The van der Waals surface area contributed by atoms with Crippen LogP contribution in [0, 0.1) is 23.7 Å². The van der Waals surface area contributed by atoms with E-state index in [1.165, 1.54) is 0 Å². The van der Waals surface area contributed by atoms with Crippen molar-refractivity contribution in [2.75, 3.05) is 6.54 Å². The van der Waals surface area contributed by atoms with Gasteiger partial charge in [0.25, 0.3) is 0 Å². The number of amides is 2. The highest BCUT2D eigenvalue weighted by Gasteiger charge is 2.31. The molecule has 1 saturated carbocycles. The van der Waals surface area contributed by atoms with Gasteiger partial charge in [-0.1, -0.05) is 34.1 Å². The molecule has 0 heterocycles. The molecule has 0 saturated heterocycles. The van der Waals surface area contributed by atoms with E-state index >= 15 is 0 Å². The van der Waals surface area contributed by atoms with Crippen molar-refractivity contribution in [3.63, 3.8) is 0 Å². The second-order valence-electron chi connectivity index (χ2n) is 8.41. The van der Waals surface area contributed by atoms with E-state index in [4.69, 9.17) is 5.73 Å². The molecule has 0 aromatic rings. The Morgan fingerprint density at radius 2 is 1.68 bits per heavy atom. The van der Waals surface area contributed by atoms with E-state index in [9.17, 15) is 19.5 Å². The molecule has 0 bridgehead atoms. The predicted molar refractivity (Wildman–Crippen MR) is 112 cm³/mol. The average molecular weight is 420 g/mol. The number of carboxylic acids is 1. The quantitative estimate of drug-likeness (QED) is 0.433. The number of hydrogen-bond donors (Lipinski definition) is 4. The first-order valence-electron chi connectivity index (χ1n) is 10.2. The van der Waals surface area contributed by atoms with Gasteiger partial charge in [-0.15, -0.1) is 12.4 Å². The van der Waals surface area contributed by atoms with Gasteiger partial charge in [-0.25, -0.2) is 4.79 Å². The van der Waals surface area contributed by atoms with Crippen LogP contribution in [-0.4, -0.2) is 41.5 Å². The molecular formula is C20H38ClN3O4. The van der Waals surface area contributed by atoms with Gasteiger partial charge in [0, 0.05) is 12.5 Å². The number of nitrogens with two attached hydrogens (primary N) is 1. The highest BCUT2D eigenvalue weighted by Crippen LogP contribution is 2.29. The van der Waals surface area contributed by atoms with Crippen LogP contribution in [0.1, 0.15) is 66.2 Å². The Hall–Kier alpha value is -1.34. The molecule has 0 aromatic carbocycles. The summed E-state index contributed by atoms with van der Waals surface area (Å²) in [4.78, 5) is 35.8. The maximum atomic E-state index is 12.4. The minimum atomic E-state index is -0.980. The first-order valence-corrected chi connectivity index (χ1v) is 10.2. The molecule has 2 amide bonds. The van der Waals surface area contributed by atoms with Crippen LogP contribution in [0.15, 0.2) is 0 Å². The Morgan fingerprint density at radius 3 is 2.14 bits per heavy atom. The molecule has 0 spiro atoms. The van der Waals surface area contributed by atoms with Crippen LogP contribution in [0.4, 0.5) is 0 Å². The normalized spacial score (nSPS) is 22.5. The second-order valence-corrected chi connectivity index (χ2v) is 8.41. The van der Waals surface area contributed by atoms with E-state index in [0.717, 1.165) is 25.7 Å². The van der Waals surface area contributed by atoms with Gasteiger partial charge in [-0.05, 0) is 49.9 Å². The Bertz CT molecular complexity index is 508. The van der Waals surface area contributed by atoms with Crippen molar-refractivity contribution in [1.29, 1.82) is 0 Å². The maximum Gasteiger partial charge on any atom is 0.326 e. The molecule has 8 heteroatoms. The van der Waals surface area contributed by atoms with E-state index in [0.29, 0.717) is 31.2 Å². The zero-order chi connectivity index (χ0) is 20.6. The summed E-state index contributed by atoms with van der Waals surface area (Å²) in [7, 11) is 0. The standard InChI is InChI=1S/C20H37N3O4.ClH/c1-5-13(4)17(20(26)27)23-18(24)15-8-6-14(7-9-15)11-22-19(25)16(21)10-12(2)3;/h12-17H,5-11,21H2,1-4H3,(H,22,25)(H,23,24)(H,26,27);1H/t13?,14?,15?,16-,17-;/m0./s1. The highest BCUT2D eigenvalue weighted by molar-refractivity contribution is 5.85. The molecular weight excluding hydrogens is 382 g/mol. The number of carbonyl (C=O) groups is 3. The van der Waals surface area contributed by atoms with E-state index in [2.05, 4.69) is 10.6 Å². The number of carbonyl (C=O) groups excluding carboxylic acids is 2. The molecule has 5 N–H and O–H groups in total. The van der Waals surface area contributed by atoms with Crippen LogP contribution in [0.5, 0.6) is 0 Å². The lowest BCUT2D eigenvalue weighted by Crippen LogP contribution is -2.48. The van der Waals surface area contributed by atoms with E-state index in [1.807, 2.05) is 27.7 Å². The summed E-state index contributed by atoms with van der Waals surface area (Å²) in [6.45, 7) is 8.41. The SMILES string of the molecule is CCC(C)[C@H](NC(=O)C1CCC(CNC(=O)[C@@H](N)CC(C)C)CC1)C(=O)O.Cl. The number of nitrogens with one attached hydrogen (secondary N) is 2. The van der Waals surface area contributed by atoms with Crippen LogP contribution < -0.4 is 16.4 Å². The predicted octanol–water partition coefficient (Wildman–Crippen LogP) is 2.32. The van der Waals surface area contributed by atoms with E-state index in [1.54, 1.807) is 0 Å². The van der Waals surface area contributed by atoms with E-state index in [-0.39, 0.29) is 36.1 Å². The van der Waals surface area contributed by atoms with Gasteiger partial charge in [0.1, 0.15) is 6.04 Å². The van der Waals surface area contributed by atoms with Crippen LogP contribution in [0.3, 0.4) is 0 Å². The molecule has 3 atom stereocenters. The van der Waals surface area contributed by atoms with Crippen molar-refractivity contribution in [3.8, 4) is 0 Å². The fraction of sp³-hybridized carbons (Fsp3) is 0.850. The van der Waals surface area contributed by atoms with Gasteiger partial charge >= 0.3 is 5.97 Å². The van der Waals surface area contributed by atoms with Crippen LogP contribution in [-0.2, 0) is 14.4 Å². The van der Waals surface area contributed by atoms with Crippen molar-refractivity contribution in [2.45, 2.75) is 78.3 Å². The van der Waals surface area contributed by atoms with Crippen molar-refractivity contribution < 1.29 is 19.5 Å². The molecule has 1 aliphatic rings. The molecule has 7 nitrogen and oxygen atoms in total. The lowest BCUT2D eigenvalue weighted by atomic mass is 9.81. The third-order valence-corrected chi connectivity index (χ3v) is 5.62. The smallest absolute Gasteiger partial charge is 0.326 e. The summed E-state index contributed by atoms with van der Waals surface area (Å²) < 4.78 is 0. The molecule has 164 valence electrons. The lowest BCUT2D eigenvalue weighted by Gasteiger charge is -2.30. The molecule has 0 radical (unpaired) electrons. The number of aliphatic carboxylic acids is 1. The Labute approximate surface area is 175 Å². The Balaban J connectivity index is 0.00000729. The van der Waals surface area contributed by atoms with Crippen molar-refractivity contribution >= 4 is 30.2 Å². The van der Waals surface area contributed by atoms with Gasteiger partial charge in [-0.2, -0.15) is 0 Å². The van der Waals surface area contributed by atoms with E-state index < -0.39 is 18.1 Å². The average Bonchev–Trinajstić information content (AvgIpc) is 2.62. The number of hydrogen-bond acceptors (Lipinski definition) is 4. The fourth-order valence-electron chi connectivity index (χ4n) is 3.57. The van der Waals surface area contributed by atoms with Gasteiger partial charge in [0.05, 0.1) is 6.04 Å². The summed E-state index contributed by atoms with van der Waals surface area (Å²) in [5.41, 5.74) is 5.89. The van der Waals surface area contributed by atoms with Crippen molar-refractivity contribution in [2.24, 2.45) is 29.4 Å². The molecule has 0 aromatic heterocycles.